The van der Waals surface area contributed by atoms with Gasteiger partial charge >= 0.3 is 0 Å². The fourth-order valence-corrected chi connectivity index (χ4v) is 2.99. The largest absolute Gasteiger partial charge is 0.495 e. The summed E-state index contributed by atoms with van der Waals surface area (Å²) in [6.07, 6.45) is 1.69. The Kier molecular flexibility index (Phi) is 4.90. The van der Waals surface area contributed by atoms with Crippen LogP contribution >= 0.6 is 11.6 Å². The number of benzene rings is 2. The molecule has 0 fully saturated rings. The van der Waals surface area contributed by atoms with Crippen LogP contribution in [0, 0.1) is 0 Å². The molecule has 140 valence electrons. The fourth-order valence-electron chi connectivity index (χ4n) is 2.74. The van der Waals surface area contributed by atoms with Gasteiger partial charge in [-0.15, -0.1) is 10.2 Å². The summed E-state index contributed by atoms with van der Waals surface area (Å²) in [5.41, 5.74) is 2.20. The lowest BCUT2D eigenvalue weighted by Gasteiger charge is -2.07. The molecule has 1 N–H and O–H groups in total. The van der Waals surface area contributed by atoms with E-state index in [-0.39, 0.29) is 18.2 Å². The minimum atomic E-state index is -0.292. The number of aromatic nitrogens is 3. The second-order valence-corrected chi connectivity index (χ2v) is 6.39. The molecule has 4 rings (SSSR count). The van der Waals surface area contributed by atoms with Crippen molar-refractivity contribution in [3.05, 3.63) is 65.6 Å². The van der Waals surface area contributed by atoms with E-state index in [1.807, 2.05) is 30.3 Å². The number of hydrogen-bond acceptors (Lipinski definition) is 6. The normalized spacial score (nSPS) is 10.8. The first-order chi connectivity index (χ1) is 13.6. The highest BCUT2D eigenvalue weighted by Crippen LogP contribution is 2.27. The maximum atomic E-state index is 12.2. The Morgan fingerprint density at radius 2 is 2.07 bits per heavy atom. The zero-order chi connectivity index (χ0) is 19.5. The van der Waals surface area contributed by atoms with Gasteiger partial charge in [-0.25, -0.2) is 0 Å². The number of amides is 1. The summed E-state index contributed by atoms with van der Waals surface area (Å²) in [5, 5.41) is 12.1. The van der Waals surface area contributed by atoms with E-state index < -0.39 is 0 Å². The number of pyridine rings is 1. The first-order valence-corrected chi connectivity index (χ1v) is 8.81. The number of nitrogens with zero attached hydrogens (tertiary/aromatic N) is 3. The zero-order valence-electron chi connectivity index (χ0n) is 14.8. The van der Waals surface area contributed by atoms with E-state index in [1.165, 1.54) is 7.11 Å². The molecule has 0 bridgehead atoms. The average molecular weight is 395 g/mol. The van der Waals surface area contributed by atoms with Gasteiger partial charge in [0.2, 0.25) is 17.7 Å². The van der Waals surface area contributed by atoms with Crippen LogP contribution in [0.2, 0.25) is 5.02 Å². The lowest BCUT2D eigenvalue weighted by Crippen LogP contribution is -2.14. The van der Waals surface area contributed by atoms with Crippen LogP contribution in [-0.4, -0.2) is 28.2 Å². The molecule has 2 aromatic carbocycles. The number of halogens is 1. The van der Waals surface area contributed by atoms with E-state index in [4.69, 9.17) is 20.8 Å². The van der Waals surface area contributed by atoms with E-state index in [0.29, 0.717) is 22.4 Å². The van der Waals surface area contributed by atoms with Crippen LogP contribution in [0.5, 0.6) is 5.75 Å². The van der Waals surface area contributed by atoms with Crippen molar-refractivity contribution in [3.8, 4) is 17.2 Å². The number of carbonyl (C=O) groups is 1. The van der Waals surface area contributed by atoms with Crippen LogP contribution in [-0.2, 0) is 11.2 Å². The molecule has 0 saturated carbocycles. The highest BCUT2D eigenvalue weighted by Gasteiger charge is 2.14. The van der Waals surface area contributed by atoms with E-state index in [1.54, 1.807) is 24.4 Å². The SMILES string of the molecule is COc1ccc(NC(=O)Cc2nnc(-c3ccc4ncccc4c3)o2)cc1Cl. The van der Waals surface area contributed by atoms with Crippen LogP contribution < -0.4 is 10.1 Å². The molecule has 2 heterocycles. The molecule has 0 atom stereocenters. The van der Waals surface area contributed by atoms with Gasteiger partial charge in [0, 0.05) is 22.8 Å². The quantitative estimate of drug-likeness (QED) is 0.547. The third kappa shape index (κ3) is 3.79. The van der Waals surface area contributed by atoms with E-state index >= 15 is 0 Å². The summed E-state index contributed by atoms with van der Waals surface area (Å²) in [5.74, 6) is 0.811. The van der Waals surface area contributed by atoms with Gasteiger partial charge in [0.15, 0.2) is 0 Å². The molecule has 0 aliphatic rings. The summed E-state index contributed by atoms with van der Waals surface area (Å²) in [4.78, 5) is 16.5. The molecule has 1 amide bonds. The van der Waals surface area contributed by atoms with Gasteiger partial charge in [0.1, 0.15) is 12.2 Å². The van der Waals surface area contributed by atoms with Crippen LogP contribution in [0.15, 0.2) is 59.1 Å². The van der Waals surface area contributed by atoms with Crippen LogP contribution in [0.4, 0.5) is 5.69 Å². The number of carbonyl (C=O) groups excluding carboxylic acids is 1. The smallest absolute Gasteiger partial charge is 0.247 e. The molecule has 0 aliphatic heterocycles. The highest BCUT2D eigenvalue weighted by molar-refractivity contribution is 6.32. The van der Waals surface area contributed by atoms with Gasteiger partial charge in [-0.3, -0.25) is 9.78 Å². The molecule has 0 radical (unpaired) electrons. The molecule has 7 nitrogen and oxygen atoms in total. The Bertz CT molecular complexity index is 1160. The Balaban J connectivity index is 1.46. The second kappa shape index (κ2) is 7.66. The molecule has 28 heavy (non-hydrogen) atoms. The van der Waals surface area contributed by atoms with Gasteiger partial charge in [-0.05, 0) is 42.5 Å². The van der Waals surface area contributed by atoms with Gasteiger partial charge in [-0.1, -0.05) is 17.7 Å². The minimum Gasteiger partial charge on any atom is -0.495 e. The summed E-state index contributed by atoms with van der Waals surface area (Å²) in [6, 6.07) is 14.5. The Morgan fingerprint density at radius 3 is 2.89 bits per heavy atom. The molecule has 0 aliphatic carbocycles. The second-order valence-electron chi connectivity index (χ2n) is 5.99. The highest BCUT2D eigenvalue weighted by atomic mass is 35.5. The molecule has 4 aromatic rings. The van der Waals surface area contributed by atoms with Crippen molar-refractivity contribution in [1.82, 2.24) is 15.2 Å². The van der Waals surface area contributed by atoms with E-state index in [2.05, 4.69) is 20.5 Å². The average Bonchev–Trinajstić information content (AvgIpc) is 3.16. The number of hydrogen-bond donors (Lipinski definition) is 1. The fraction of sp³-hybridized carbons (Fsp3) is 0.100. The summed E-state index contributed by atoms with van der Waals surface area (Å²) >= 11 is 6.06. The van der Waals surface area contributed by atoms with Crippen molar-refractivity contribution >= 4 is 34.1 Å². The summed E-state index contributed by atoms with van der Waals surface area (Å²) in [6.45, 7) is 0. The lowest BCUT2D eigenvalue weighted by molar-refractivity contribution is -0.115. The Morgan fingerprint density at radius 1 is 1.18 bits per heavy atom. The topological polar surface area (TPSA) is 90.1 Å². The predicted octanol–water partition coefficient (Wildman–Crippen LogP) is 4.13. The zero-order valence-corrected chi connectivity index (χ0v) is 15.6. The molecule has 0 saturated heterocycles. The van der Waals surface area contributed by atoms with E-state index in [9.17, 15) is 4.79 Å². The summed E-state index contributed by atoms with van der Waals surface area (Å²) < 4.78 is 10.7. The first-order valence-electron chi connectivity index (χ1n) is 8.43. The standard InChI is InChI=1S/C20H15ClN4O3/c1-27-17-7-5-14(10-15(17)21)23-18(26)11-19-24-25-20(28-19)13-4-6-16-12(9-13)3-2-8-22-16/h2-10H,11H2,1H3,(H,23,26). The lowest BCUT2D eigenvalue weighted by atomic mass is 10.1. The molecule has 8 heteroatoms. The molecule has 0 unspecified atom stereocenters. The van der Waals surface area contributed by atoms with Crippen molar-refractivity contribution in [2.45, 2.75) is 6.42 Å². The third-order valence-corrected chi connectivity index (χ3v) is 4.36. The van der Waals surface area contributed by atoms with Crippen molar-refractivity contribution in [2.24, 2.45) is 0 Å². The van der Waals surface area contributed by atoms with Crippen molar-refractivity contribution in [2.75, 3.05) is 12.4 Å². The number of anilines is 1. The summed E-state index contributed by atoms with van der Waals surface area (Å²) in [7, 11) is 1.53. The van der Waals surface area contributed by atoms with Gasteiger partial charge in [0.25, 0.3) is 0 Å². The van der Waals surface area contributed by atoms with Crippen LogP contribution in [0.3, 0.4) is 0 Å². The van der Waals surface area contributed by atoms with Crippen LogP contribution in [0.25, 0.3) is 22.4 Å². The maximum Gasteiger partial charge on any atom is 0.247 e. The third-order valence-electron chi connectivity index (χ3n) is 4.06. The van der Waals surface area contributed by atoms with Crippen molar-refractivity contribution in [3.63, 3.8) is 0 Å². The van der Waals surface area contributed by atoms with Gasteiger partial charge in [-0.2, -0.15) is 0 Å². The number of rotatable bonds is 5. The number of methoxy groups -OCH3 is 1. The van der Waals surface area contributed by atoms with E-state index in [0.717, 1.165) is 16.5 Å². The molecule has 2 aromatic heterocycles. The minimum absolute atomic E-state index is 0.0498. The van der Waals surface area contributed by atoms with Crippen molar-refractivity contribution in [1.29, 1.82) is 0 Å². The predicted molar refractivity (Wildman–Crippen MR) is 105 cm³/mol. The van der Waals surface area contributed by atoms with Crippen LogP contribution in [0.1, 0.15) is 5.89 Å². The van der Waals surface area contributed by atoms with Crippen molar-refractivity contribution < 1.29 is 13.9 Å². The number of ether oxygens (including phenoxy) is 1. The maximum absolute atomic E-state index is 12.2. The monoisotopic (exact) mass is 394 g/mol. The molecular formula is C20H15ClN4O3. The molecular weight excluding hydrogens is 380 g/mol. The first kappa shape index (κ1) is 17.9. The van der Waals surface area contributed by atoms with Gasteiger partial charge in [0.05, 0.1) is 17.6 Å². The number of nitrogens with one attached hydrogen (secondary N) is 1. The number of fused-ring (bicyclic) bond motifs is 1. The van der Waals surface area contributed by atoms with Gasteiger partial charge < -0.3 is 14.5 Å². The Hall–Kier alpha value is -3.45. The molecule has 0 spiro atoms. The Labute approximate surface area is 165 Å².